The standard InChI is InChI=1S/C13H20ClN/c1-11(2)4-3-9-15-10-12-5-7-13(14)8-6-12/h5-8,11,15H,3-4,9-10H2,1-2H3. The van der Waals surface area contributed by atoms with E-state index in [9.17, 15) is 0 Å². The summed E-state index contributed by atoms with van der Waals surface area (Å²) >= 11 is 5.81. The lowest BCUT2D eigenvalue weighted by atomic mass is 10.1. The van der Waals surface area contributed by atoms with E-state index in [4.69, 9.17) is 11.6 Å². The third-order valence-electron chi connectivity index (χ3n) is 2.38. The zero-order valence-corrected chi connectivity index (χ0v) is 10.3. The summed E-state index contributed by atoms with van der Waals surface area (Å²) in [5, 5.41) is 4.24. The fourth-order valence-corrected chi connectivity index (χ4v) is 1.60. The first kappa shape index (κ1) is 12.5. The first-order valence-corrected chi connectivity index (χ1v) is 6.01. The van der Waals surface area contributed by atoms with Crippen molar-refractivity contribution in [2.45, 2.75) is 33.2 Å². The number of hydrogen-bond donors (Lipinski definition) is 1. The summed E-state index contributed by atoms with van der Waals surface area (Å²) in [5.41, 5.74) is 1.30. The fourth-order valence-electron chi connectivity index (χ4n) is 1.47. The molecule has 0 aliphatic carbocycles. The maximum Gasteiger partial charge on any atom is 0.0406 e. The second kappa shape index (κ2) is 6.86. The molecular formula is C13H20ClN. The van der Waals surface area contributed by atoms with Gasteiger partial charge in [-0.2, -0.15) is 0 Å². The van der Waals surface area contributed by atoms with Gasteiger partial charge in [-0.1, -0.05) is 37.6 Å². The summed E-state index contributed by atoms with van der Waals surface area (Å²) in [5.74, 6) is 0.808. The molecule has 1 N–H and O–H groups in total. The van der Waals surface area contributed by atoms with Crippen LogP contribution in [0.1, 0.15) is 32.3 Å². The predicted molar refractivity (Wildman–Crippen MR) is 67.2 cm³/mol. The highest BCUT2D eigenvalue weighted by atomic mass is 35.5. The molecule has 0 saturated carbocycles. The van der Waals surface area contributed by atoms with Crippen LogP contribution in [0.3, 0.4) is 0 Å². The van der Waals surface area contributed by atoms with Crippen LogP contribution in [0.2, 0.25) is 5.02 Å². The summed E-state index contributed by atoms with van der Waals surface area (Å²) in [7, 11) is 0. The van der Waals surface area contributed by atoms with E-state index in [1.165, 1.54) is 18.4 Å². The zero-order chi connectivity index (χ0) is 11.1. The van der Waals surface area contributed by atoms with Gasteiger partial charge < -0.3 is 5.32 Å². The summed E-state index contributed by atoms with van der Waals surface area (Å²) < 4.78 is 0. The summed E-state index contributed by atoms with van der Waals surface area (Å²) in [4.78, 5) is 0. The Balaban J connectivity index is 2.12. The smallest absolute Gasteiger partial charge is 0.0406 e. The van der Waals surface area contributed by atoms with E-state index in [2.05, 4.69) is 31.3 Å². The molecule has 0 heterocycles. The minimum absolute atomic E-state index is 0.804. The van der Waals surface area contributed by atoms with Crippen LogP contribution in [0.15, 0.2) is 24.3 Å². The largest absolute Gasteiger partial charge is 0.313 e. The Morgan fingerprint density at radius 3 is 2.47 bits per heavy atom. The molecule has 0 atom stereocenters. The van der Waals surface area contributed by atoms with Crippen LogP contribution in [0, 0.1) is 5.92 Å². The van der Waals surface area contributed by atoms with Crippen LogP contribution in [0.25, 0.3) is 0 Å². The van der Waals surface area contributed by atoms with Crippen molar-refractivity contribution in [3.8, 4) is 0 Å². The highest BCUT2D eigenvalue weighted by Gasteiger charge is 1.95. The Hall–Kier alpha value is -0.530. The van der Waals surface area contributed by atoms with E-state index in [-0.39, 0.29) is 0 Å². The summed E-state index contributed by atoms with van der Waals surface area (Å²) in [6, 6.07) is 8.01. The van der Waals surface area contributed by atoms with Gasteiger partial charge in [0.2, 0.25) is 0 Å². The van der Waals surface area contributed by atoms with Crippen molar-refractivity contribution in [2.75, 3.05) is 6.54 Å². The molecule has 0 fully saturated rings. The molecule has 0 bridgehead atoms. The molecule has 0 saturated heterocycles. The van der Waals surface area contributed by atoms with E-state index in [0.29, 0.717) is 0 Å². The number of hydrogen-bond acceptors (Lipinski definition) is 1. The average Bonchev–Trinajstić information content (AvgIpc) is 2.20. The Morgan fingerprint density at radius 1 is 1.20 bits per heavy atom. The second-order valence-electron chi connectivity index (χ2n) is 4.34. The van der Waals surface area contributed by atoms with Gasteiger partial charge in [-0.05, 0) is 43.0 Å². The Morgan fingerprint density at radius 2 is 1.87 bits per heavy atom. The third-order valence-corrected chi connectivity index (χ3v) is 2.63. The summed E-state index contributed by atoms with van der Waals surface area (Å²) in [6.07, 6.45) is 2.55. The Labute approximate surface area is 97.8 Å². The van der Waals surface area contributed by atoms with Crippen molar-refractivity contribution in [1.29, 1.82) is 0 Å². The fraction of sp³-hybridized carbons (Fsp3) is 0.538. The minimum atomic E-state index is 0.804. The molecule has 0 aliphatic rings. The lowest BCUT2D eigenvalue weighted by Gasteiger charge is -2.06. The maximum atomic E-state index is 5.81. The molecule has 1 rings (SSSR count). The summed E-state index contributed by atoms with van der Waals surface area (Å²) in [6.45, 7) is 6.56. The van der Waals surface area contributed by atoms with Crippen LogP contribution < -0.4 is 5.32 Å². The van der Waals surface area contributed by atoms with Crippen molar-refractivity contribution in [3.05, 3.63) is 34.9 Å². The third kappa shape index (κ3) is 5.81. The molecule has 0 spiro atoms. The molecule has 1 nitrogen and oxygen atoms in total. The average molecular weight is 226 g/mol. The lowest BCUT2D eigenvalue weighted by Crippen LogP contribution is -2.15. The zero-order valence-electron chi connectivity index (χ0n) is 9.59. The Kier molecular flexibility index (Phi) is 5.74. The first-order chi connectivity index (χ1) is 7.18. The molecule has 0 radical (unpaired) electrons. The minimum Gasteiger partial charge on any atom is -0.313 e. The molecule has 0 aromatic heterocycles. The van der Waals surface area contributed by atoms with Crippen LogP contribution >= 0.6 is 11.6 Å². The van der Waals surface area contributed by atoms with E-state index >= 15 is 0 Å². The number of benzene rings is 1. The molecule has 2 heteroatoms. The van der Waals surface area contributed by atoms with Crippen molar-refractivity contribution >= 4 is 11.6 Å². The molecule has 0 aliphatic heterocycles. The van der Waals surface area contributed by atoms with Gasteiger partial charge >= 0.3 is 0 Å². The second-order valence-corrected chi connectivity index (χ2v) is 4.78. The number of rotatable bonds is 6. The van der Waals surface area contributed by atoms with Crippen LogP contribution in [0.4, 0.5) is 0 Å². The van der Waals surface area contributed by atoms with Crippen LogP contribution in [-0.4, -0.2) is 6.54 Å². The quantitative estimate of drug-likeness (QED) is 0.725. The van der Waals surface area contributed by atoms with Gasteiger partial charge in [0.15, 0.2) is 0 Å². The SMILES string of the molecule is CC(C)CCCNCc1ccc(Cl)cc1. The van der Waals surface area contributed by atoms with Crippen molar-refractivity contribution in [1.82, 2.24) is 5.32 Å². The van der Waals surface area contributed by atoms with Crippen LogP contribution in [0.5, 0.6) is 0 Å². The maximum absolute atomic E-state index is 5.81. The molecule has 15 heavy (non-hydrogen) atoms. The van der Waals surface area contributed by atoms with Gasteiger partial charge in [0.1, 0.15) is 0 Å². The molecule has 0 unspecified atom stereocenters. The van der Waals surface area contributed by atoms with Gasteiger partial charge in [-0.25, -0.2) is 0 Å². The molecular weight excluding hydrogens is 206 g/mol. The predicted octanol–water partition coefficient (Wildman–Crippen LogP) is 3.87. The van der Waals surface area contributed by atoms with Gasteiger partial charge in [0.25, 0.3) is 0 Å². The van der Waals surface area contributed by atoms with E-state index in [0.717, 1.165) is 24.0 Å². The molecule has 84 valence electrons. The number of halogens is 1. The monoisotopic (exact) mass is 225 g/mol. The van der Waals surface area contributed by atoms with E-state index in [1.54, 1.807) is 0 Å². The number of nitrogens with one attached hydrogen (secondary N) is 1. The van der Waals surface area contributed by atoms with Gasteiger partial charge in [-0.3, -0.25) is 0 Å². The normalized spacial score (nSPS) is 10.9. The van der Waals surface area contributed by atoms with Gasteiger partial charge in [0.05, 0.1) is 0 Å². The van der Waals surface area contributed by atoms with E-state index < -0.39 is 0 Å². The van der Waals surface area contributed by atoms with E-state index in [1.807, 2.05) is 12.1 Å². The van der Waals surface area contributed by atoms with Crippen molar-refractivity contribution in [2.24, 2.45) is 5.92 Å². The lowest BCUT2D eigenvalue weighted by molar-refractivity contribution is 0.527. The van der Waals surface area contributed by atoms with Crippen molar-refractivity contribution in [3.63, 3.8) is 0 Å². The topological polar surface area (TPSA) is 12.0 Å². The Bertz CT molecular complexity index is 266. The molecule has 1 aromatic carbocycles. The van der Waals surface area contributed by atoms with Crippen LogP contribution in [-0.2, 0) is 6.54 Å². The molecule has 0 amide bonds. The highest BCUT2D eigenvalue weighted by Crippen LogP contribution is 2.09. The first-order valence-electron chi connectivity index (χ1n) is 5.63. The molecule has 1 aromatic rings. The van der Waals surface area contributed by atoms with Gasteiger partial charge in [0, 0.05) is 11.6 Å². The van der Waals surface area contributed by atoms with Gasteiger partial charge in [-0.15, -0.1) is 0 Å². The highest BCUT2D eigenvalue weighted by molar-refractivity contribution is 6.30. The van der Waals surface area contributed by atoms with Crippen molar-refractivity contribution < 1.29 is 0 Å².